The van der Waals surface area contributed by atoms with Crippen LogP contribution in [0, 0.1) is 12.7 Å². The molecule has 7 nitrogen and oxygen atoms in total. The van der Waals surface area contributed by atoms with E-state index in [2.05, 4.69) is 27.0 Å². The van der Waals surface area contributed by atoms with Gasteiger partial charge in [-0.2, -0.15) is 0 Å². The fourth-order valence-corrected chi connectivity index (χ4v) is 6.25. The van der Waals surface area contributed by atoms with Crippen molar-refractivity contribution in [2.75, 3.05) is 13.1 Å². The highest BCUT2D eigenvalue weighted by Crippen LogP contribution is 2.42. The predicted molar refractivity (Wildman–Crippen MR) is 119 cm³/mol. The van der Waals surface area contributed by atoms with Gasteiger partial charge in [0.1, 0.15) is 11.6 Å². The fourth-order valence-electron chi connectivity index (χ4n) is 6.25. The molecule has 0 saturated carbocycles. The van der Waals surface area contributed by atoms with Crippen LogP contribution >= 0.6 is 0 Å². The first-order valence-corrected chi connectivity index (χ1v) is 11.8. The second kappa shape index (κ2) is 8.83. The zero-order valence-electron chi connectivity index (χ0n) is 18.6. The predicted octanol–water partition coefficient (Wildman–Crippen LogP) is 3.54. The van der Waals surface area contributed by atoms with Crippen LogP contribution in [0.1, 0.15) is 67.0 Å². The largest absolute Gasteiger partial charge is 0.465 e. The maximum absolute atomic E-state index is 13.7. The van der Waals surface area contributed by atoms with Crippen LogP contribution < -0.4 is 10.6 Å². The van der Waals surface area contributed by atoms with Crippen molar-refractivity contribution in [3.8, 4) is 0 Å². The number of imidazole rings is 1. The Balaban J connectivity index is 1.28. The fraction of sp³-hybridized carbons (Fsp3) is 0.583. The lowest BCUT2D eigenvalue weighted by Gasteiger charge is -2.41. The lowest BCUT2D eigenvalue weighted by atomic mass is 9.95. The summed E-state index contributed by atoms with van der Waals surface area (Å²) in [5.41, 5.74) is 3.31. The topological polar surface area (TPSA) is 82.4 Å². The maximum Gasteiger partial charge on any atom is 0.405 e. The van der Waals surface area contributed by atoms with E-state index in [-0.39, 0.29) is 5.82 Å². The van der Waals surface area contributed by atoms with E-state index < -0.39 is 12.1 Å². The SMILES string of the molecule is Cc1nc2c(n1C1CC3CCC(C1)N3CC[C@H](NC(=O)O)c1cccc(F)c1)CCNC2. The number of nitrogens with zero attached hydrogens (tertiary/aromatic N) is 3. The molecule has 8 heteroatoms. The Bertz CT molecular complexity index is 979. The van der Waals surface area contributed by atoms with Crippen molar-refractivity contribution in [2.24, 2.45) is 0 Å². The van der Waals surface area contributed by atoms with Gasteiger partial charge in [0.15, 0.2) is 0 Å². The highest BCUT2D eigenvalue weighted by atomic mass is 19.1. The summed E-state index contributed by atoms with van der Waals surface area (Å²) in [6.45, 7) is 4.83. The molecule has 32 heavy (non-hydrogen) atoms. The van der Waals surface area contributed by atoms with Crippen LogP contribution in [0.5, 0.6) is 0 Å². The minimum absolute atomic E-state index is 0.338. The summed E-state index contributed by atoms with van der Waals surface area (Å²) in [4.78, 5) is 18.8. The first-order valence-electron chi connectivity index (χ1n) is 11.8. The van der Waals surface area contributed by atoms with Crippen molar-refractivity contribution in [2.45, 2.75) is 76.2 Å². The van der Waals surface area contributed by atoms with Gasteiger partial charge < -0.3 is 20.3 Å². The Labute approximate surface area is 188 Å². The maximum atomic E-state index is 13.7. The normalized spacial score (nSPS) is 26.0. The molecule has 1 aromatic heterocycles. The molecule has 3 aliphatic rings. The monoisotopic (exact) mass is 441 g/mol. The highest BCUT2D eigenvalue weighted by Gasteiger charge is 2.42. The van der Waals surface area contributed by atoms with E-state index in [1.165, 1.54) is 36.4 Å². The van der Waals surface area contributed by atoms with Gasteiger partial charge in [-0.3, -0.25) is 4.90 Å². The molecular weight excluding hydrogens is 409 g/mol. The second-order valence-electron chi connectivity index (χ2n) is 9.44. The van der Waals surface area contributed by atoms with Crippen LogP contribution in [-0.2, 0) is 13.0 Å². The molecular formula is C24H32FN5O2. The van der Waals surface area contributed by atoms with Crippen molar-refractivity contribution in [3.63, 3.8) is 0 Å². The average molecular weight is 442 g/mol. The van der Waals surface area contributed by atoms with Gasteiger partial charge in [0, 0.05) is 49.9 Å². The average Bonchev–Trinajstić information content (AvgIpc) is 3.22. The second-order valence-corrected chi connectivity index (χ2v) is 9.44. The highest BCUT2D eigenvalue weighted by molar-refractivity contribution is 5.65. The number of aryl methyl sites for hydroxylation is 1. The van der Waals surface area contributed by atoms with Crippen LogP contribution in [0.15, 0.2) is 24.3 Å². The molecule has 3 atom stereocenters. The van der Waals surface area contributed by atoms with Gasteiger partial charge in [-0.25, -0.2) is 14.2 Å². The number of hydrogen-bond acceptors (Lipinski definition) is 4. The number of benzene rings is 1. The van der Waals surface area contributed by atoms with E-state index >= 15 is 0 Å². The Morgan fingerprint density at radius 2 is 2.09 bits per heavy atom. The number of hydrogen-bond donors (Lipinski definition) is 3. The number of carboxylic acid groups (broad SMARTS) is 1. The first-order chi connectivity index (χ1) is 15.5. The van der Waals surface area contributed by atoms with Crippen molar-refractivity contribution < 1.29 is 14.3 Å². The number of amides is 1. The minimum Gasteiger partial charge on any atom is -0.465 e. The first kappa shape index (κ1) is 21.4. The van der Waals surface area contributed by atoms with E-state index in [0.29, 0.717) is 30.1 Å². The Kier molecular flexibility index (Phi) is 5.90. The summed E-state index contributed by atoms with van der Waals surface area (Å²) in [6.07, 6.45) is 5.22. The van der Waals surface area contributed by atoms with Crippen LogP contribution in [0.2, 0.25) is 0 Å². The van der Waals surface area contributed by atoms with Gasteiger partial charge in [-0.05, 0) is 56.7 Å². The number of rotatable bonds is 6. The summed E-state index contributed by atoms with van der Waals surface area (Å²) >= 11 is 0. The Morgan fingerprint density at radius 3 is 2.81 bits per heavy atom. The standard InChI is InChI=1S/C24H32FN5O2/c1-15-27-22-14-26-9-7-23(22)30(15)20-12-18-5-6-19(13-20)29(18)10-8-21(28-24(31)32)16-3-2-4-17(25)11-16/h2-4,11,18-21,26,28H,5-10,12-14H2,1H3,(H,31,32)/t18?,19?,20?,21-/m0/s1. The molecule has 3 N–H and O–H groups in total. The molecule has 5 rings (SSSR count). The van der Waals surface area contributed by atoms with Gasteiger partial charge in [-0.1, -0.05) is 12.1 Å². The van der Waals surface area contributed by atoms with Crippen LogP contribution in [0.25, 0.3) is 0 Å². The molecule has 0 spiro atoms. The van der Waals surface area contributed by atoms with Gasteiger partial charge in [-0.15, -0.1) is 0 Å². The molecule has 2 unspecified atom stereocenters. The lowest BCUT2D eigenvalue weighted by Crippen LogP contribution is -2.45. The lowest BCUT2D eigenvalue weighted by molar-refractivity contribution is 0.0997. The molecule has 2 saturated heterocycles. The number of piperidine rings is 1. The van der Waals surface area contributed by atoms with E-state index in [0.717, 1.165) is 44.7 Å². The zero-order valence-corrected chi connectivity index (χ0v) is 18.6. The number of carbonyl (C=O) groups is 1. The number of halogens is 1. The van der Waals surface area contributed by atoms with Crippen molar-refractivity contribution in [1.29, 1.82) is 0 Å². The summed E-state index contributed by atoms with van der Waals surface area (Å²) < 4.78 is 16.2. The van der Waals surface area contributed by atoms with E-state index in [1.54, 1.807) is 12.1 Å². The summed E-state index contributed by atoms with van der Waals surface area (Å²) in [7, 11) is 0. The van der Waals surface area contributed by atoms with E-state index in [4.69, 9.17) is 4.98 Å². The summed E-state index contributed by atoms with van der Waals surface area (Å²) in [6, 6.07) is 7.36. The van der Waals surface area contributed by atoms with E-state index in [9.17, 15) is 14.3 Å². The number of aromatic nitrogens is 2. The third-order valence-corrected chi connectivity index (χ3v) is 7.55. The molecule has 0 aliphatic carbocycles. The zero-order chi connectivity index (χ0) is 22.2. The number of nitrogens with one attached hydrogen (secondary N) is 2. The third kappa shape index (κ3) is 4.13. The molecule has 1 amide bonds. The molecule has 1 aromatic carbocycles. The minimum atomic E-state index is -1.07. The van der Waals surface area contributed by atoms with Crippen molar-refractivity contribution in [1.82, 2.24) is 25.1 Å². The molecule has 4 heterocycles. The van der Waals surface area contributed by atoms with Gasteiger partial charge in [0.05, 0.1) is 11.7 Å². The summed E-state index contributed by atoms with van der Waals surface area (Å²) in [5.74, 6) is 0.795. The van der Waals surface area contributed by atoms with Gasteiger partial charge in [0.2, 0.25) is 0 Å². The van der Waals surface area contributed by atoms with Crippen molar-refractivity contribution >= 4 is 6.09 Å². The Hall–Kier alpha value is -2.45. The molecule has 2 fully saturated rings. The molecule has 2 bridgehead atoms. The smallest absolute Gasteiger partial charge is 0.405 e. The molecule has 3 aliphatic heterocycles. The van der Waals surface area contributed by atoms with Crippen LogP contribution in [0.4, 0.5) is 9.18 Å². The number of fused-ring (bicyclic) bond motifs is 3. The molecule has 0 radical (unpaired) electrons. The van der Waals surface area contributed by atoms with Crippen LogP contribution in [-0.4, -0.2) is 50.8 Å². The molecule has 2 aromatic rings. The van der Waals surface area contributed by atoms with Crippen molar-refractivity contribution in [3.05, 3.63) is 52.9 Å². The van der Waals surface area contributed by atoms with Gasteiger partial charge >= 0.3 is 6.09 Å². The van der Waals surface area contributed by atoms with Gasteiger partial charge in [0.25, 0.3) is 0 Å². The van der Waals surface area contributed by atoms with Crippen LogP contribution in [0.3, 0.4) is 0 Å². The quantitative estimate of drug-likeness (QED) is 0.639. The summed E-state index contributed by atoms with van der Waals surface area (Å²) in [5, 5.41) is 15.3. The molecule has 172 valence electrons. The van der Waals surface area contributed by atoms with E-state index in [1.807, 2.05) is 0 Å². The third-order valence-electron chi connectivity index (χ3n) is 7.55. The Morgan fingerprint density at radius 1 is 1.31 bits per heavy atom.